The lowest BCUT2D eigenvalue weighted by Gasteiger charge is -2.03. The molecule has 0 saturated heterocycles. The molecule has 0 amide bonds. The lowest BCUT2D eigenvalue weighted by atomic mass is 10.0. The molecule has 0 aliphatic carbocycles. The summed E-state index contributed by atoms with van der Waals surface area (Å²) in [7, 11) is 0. The van der Waals surface area contributed by atoms with Gasteiger partial charge in [-0.1, -0.05) is 72.8 Å². The van der Waals surface area contributed by atoms with Crippen molar-refractivity contribution in [1.29, 1.82) is 0 Å². The number of benzene rings is 3. The number of nitrogens with zero attached hydrogens (tertiary/aromatic N) is 2. The molecule has 3 aromatic rings. The van der Waals surface area contributed by atoms with Crippen molar-refractivity contribution in [3.63, 3.8) is 0 Å². The molecule has 0 spiro atoms. The van der Waals surface area contributed by atoms with Crippen LogP contribution in [0.25, 0.3) is 24.3 Å². The molecule has 0 unspecified atom stereocenters. The minimum absolute atomic E-state index is 0.298. The minimum atomic E-state index is -0.609. The van der Waals surface area contributed by atoms with Gasteiger partial charge in [0.1, 0.15) is 0 Å². The van der Waals surface area contributed by atoms with Gasteiger partial charge in [0.15, 0.2) is 0 Å². The van der Waals surface area contributed by atoms with Gasteiger partial charge >= 0.3 is 0 Å². The molecule has 0 heterocycles. The van der Waals surface area contributed by atoms with E-state index in [-0.39, 0.29) is 11.4 Å². The molecule has 0 atom stereocenters. The van der Waals surface area contributed by atoms with Crippen molar-refractivity contribution >= 4 is 35.7 Å². The monoisotopic (exact) mass is 372 g/mol. The molecule has 0 saturated carbocycles. The summed E-state index contributed by atoms with van der Waals surface area (Å²) in [5, 5.41) is 22.9. The Bertz CT molecular complexity index is 976. The SMILES string of the molecule is O=[N+]([O-])c1cc([N+](=O)[O-])c(C=Cc2ccccc2)cc1C=Cc1ccccc1. The van der Waals surface area contributed by atoms with Crippen LogP contribution >= 0.6 is 0 Å². The average Bonchev–Trinajstić information content (AvgIpc) is 2.71. The zero-order valence-electron chi connectivity index (χ0n) is 14.8. The molecule has 138 valence electrons. The third-order valence-corrected chi connectivity index (χ3v) is 4.08. The van der Waals surface area contributed by atoms with Crippen molar-refractivity contribution in [2.24, 2.45) is 0 Å². The highest BCUT2D eigenvalue weighted by atomic mass is 16.6. The molecule has 0 fully saturated rings. The van der Waals surface area contributed by atoms with Crippen LogP contribution in [0.4, 0.5) is 11.4 Å². The lowest BCUT2D eigenvalue weighted by molar-refractivity contribution is -0.394. The van der Waals surface area contributed by atoms with Gasteiger partial charge in [0, 0.05) is 0 Å². The van der Waals surface area contributed by atoms with E-state index in [0.29, 0.717) is 11.1 Å². The maximum atomic E-state index is 11.4. The Morgan fingerprint density at radius 3 is 1.32 bits per heavy atom. The van der Waals surface area contributed by atoms with Gasteiger partial charge in [-0.3, -0.25) is 20.2 Å². The fourth-order valence-electron chi connectivity index (χ4n) is 2.70. The van der Waals surface area contributed by atoms with Gasteiger partial charge in [0.05, 0.1) is 27.0 Å². The summed E-state index contributed by atoms with van der Waals surface area (Å²) in [6.45, 7) is 0. The van der Waals surface area contributed by atoms with Crippen LogP contribution in [0.2, 0.25) is 0 Å². The lowest BCUT2D eigenvalue weighted by Crippen LogP contribution is -1.98. The van der Waals surface area contributed by atoms with Crippen molar-refractivity contribution in [3.05, 3.63) is 115 Å². The fraction of sp³-hybridized carbons (Fsp3) is 0. The normalized spacial score (nSPS) is 11.1. The van der Waals surface area contributed by atoms with Crippen molar-refractivity contribution < 1.29 is 9.85 Å². The second kappa shape index (κ2) is 8.55. The van der Waals surface area contributed by atoms with Crippen molar-refractivity contribution in [1.82, 2.24) is 0 Å². The van der Waals surface area contributed by atoms with Crippen molar-refractivity contribution in [2.45, 2.75) is 0 Å². The first-order valence-corrected chi connectivity index (χ1v) is 8.47. The zero-order chi connectivity index (χ0) is 19.9. The topological polar surface area (TPSA) is 86.3 Å². The van der Waals surface area contributed by atoms with E-state index >= 15 is 0 Å². The highest BCUT2D eigenvalue weighted by Gasteiger charge is 2.22. The molecule has 0 bridgehead atoms. The average molecular weight is 372 g/mol. The molecule has 0 N–H and O–H groups in total. The molecule has 0 aromatic heterocycles. The second-order valence-corrected chi connectivity index (χ2v) is 5.97. The third kappa shape index (κ3) is 4.56. The summed E-state index contributed by atoms with van der Waals surface area (Å²) >= 11 is 0. The zero-order valence-corrected chi connectivity index (χ0v) is 14.8. The summed E-state index contributed by atoms with van der Waals surface area (Å²) in [6, 6.07) is 21.1. The Morgan fingerprint density at radius 1 is 0.571 bits per heavy atom. The molecule has 6 heteroatoms. The van der Waals surface area contributed by atoms with E-state index in [1.54, 1.807) is 24.3 Å². The number of nitro benzene ring substituents is 2. The Kier molecular flexibility index (Phi) is 5.72. The number of hydrogen-bond acceptors (Lipinski definition) is 4. The Morgan fingerprint density at radius 2 is 0.964 bits per heavy atom. The maximum absolute atomic E-state index is 11.4. The number of nitro groups is 2. The molecular formula is C22H16N2O4. The van der Waals surface area contributed by atoms with E-state index in [1.165, 1.54) is 6.07 Å². The molecule has 6 nitrogen and oxygen atoms in total. The predicted molar refractivity (Wildman–Crippen MR) is 110 cm³/mol. The molecule has 3 aromatic carbocycles. The first-order valence-electron chi connectivity index (χ1n) is 8.47. The standard InChI is InChI=1S/C22H16N2O4/c25-23(26)21-16-22(24(27)28)20(14-12-18-9-5-2-6-10-18)15-19(21)13-11-17-7-3-1-4-8-17/h1-16H. The van der Waals surface area contributed by atoms with Gasteiger partial charge < -0.3 is 0 Å². The van der Waals surface area contributed by atoms with Crippen LogP contribution in [-0.2, 0) is 0 Å². The van der Waals surface area contributed by atoms with Crippen LogP contribution in [0.5, 0.6) is 0 Å². The maximum Gasteiger partial charge on any atom is 0.283 e. The van der Waals surface area contributed by atoms with Crippen LogP contribution in [0.3, 0.4) is 0 Å². The van der Waals surface area contributed by atoms with Gasteiger partial charge in [0.25, 0.3) is 11.4 Å². The van der Waals surface area contributed by atoms with Gasteiger partial charge in [-0.05, 0) is 29.3 Å². The summed E-state index contributed by atoms with van der Waals surface area (Å²) in [4.78, 5) is 21.6. The van der Waals surface area contributed by atoms with Crippen LogP contribution < -0.4 is 0 Å². The van der Waals surface area contributed by atoms with Gasteiger partial charge in [0.2, 0.25) is 0 Å². The molecule has 28 heavy (non-hydrogen) atoms. The summed E-state index contributed by atoms with van der Waals surface area (Å²) in [6.07, 6.45) is 6.66. The summed E-state index contributed by atoms with van der Waals surface area (Å²) in [5.41, 5.74) is 1.72. The molecule has 0 aliphatic heterocycles. The Balaban J connectivity index is 2.07. The first-order chi connectivity index (χ1) is 13.5. The second-order valence-electron chi connectivity index (χ2n) is 5.97. The Labute approximate surface area is 161 Å². The molecular weight excluding hydrogens is 356 g/mol. The highest BCUT2D eigenvalue weighted by Crippen LogP contribution is 2.31. The van der Waals surface area contributed by atoms with Crippen LogP contribution in [0.15, 0.2) is 72.8 Å². The molecule has 0 radical (unpaired) electrons. The van der Waals surface area contributed by atoms with E-state index in [2.05, 4.69) is 0 Å². The van der Waals surface area contributed by atoms with E-state index in [1.807, 2.05) is 60.7 Å². The van der Waals surface area contributed by atoms with Crippen LogP contribution in [0, 0.1) is 20.2 Å². The van der Waals surface area contributed by atoms with E-state index in [0.717, 1.165) is 17.2 Å². The third-order valence-electron chi connectivity index (χ3n) is 4.08. The summed E-state index contributed by atoms with van der Waals surface area (Å²) < 4.78 is 0. The molecule has 0 aliphatic rings. The number of hydrogen-bond donors (Lipinski definition) is 0. The van der Waals surface area contributed by atoms with Gasteiger partial charge in [-0.15, -0.1) is 0 Å². The van der Waals surface area contributed by atoms with Crippen LogP contribution in [0.1, 0.15) is 22.3 Å². The van der Waals surface area contributed by atoms with Crippen molar-refractivity contribution in [2.75, 3.05) is 0 Å². The number of rotatable bonds is 6. The van der Waals surface area contributed by atoms with Gasteiger partial charge in [-0.25, -0.2) is 0 Å². The fourth-order valence-corrected chi connectivity index (χ4v) is 2.70. The molecule has 3 rings (SSSR count). The largest absolute Gasteiger partial charge is 0.283 e. The van der Waals surface area contributed by atoms with E-state index in [4.69, 9.17) is 0 Å². The quantitative estimate of drug-likeness (QED) is 0.309. The minimum Gasteiger partial charge on any atom is -0.258 e. The summed E-state index contributed by atoms with van der Waals surface area (Å²) in [5.74, 6) is 0. The predicted octanol–water partition coefficient (Wildman–Crippen LogP) is 5.84. The van der Waals surface area contributed by atoms with E-state index in [9.17, 15) is 20.2 Å². The van der Waals surface area contributed by atoms with Crippen molar-refractivity contribution in [3.8, 4) is 0 Å². The van der Waals surface area contributed by atoms with Crippen LogP contribution in [-0.4, -0.2) is 9.85 Å². The highest BCUT2D eigenvalue weighted by molar-refractivity contribution is 5.81. The Hall–Kier alpha value is -4.06. The first kappa shape index (κ1) is 18.7. The van der Waals surface area contributed by atoms with Gasteiger partial charge in [-0.2, -0.15) is 0 Å². The van der Waals surface area contributed by atoms with E-state index < -0.39 is 9.85 Å². The smallest absolute Gasteiger partial charge is 0.258 e.